The highest BCUT2D eigenvalue weighted by Crippen LogP contribution is 2.36. The summed E-state index contributed by atoms with van der Waals surface area (Å²) < 4.78 is 10.9. The number of aliphatic imine (C=N–C) groups is 1. The minimum atomic E-state index is -0.702. The van der Waals surface area contributed by atoms with Crippen molar-refractivity contribution in [2.75, 3.05) is 31.9 Å². The Hall–Kier alpha value is -3.65. The van der Waals surface area contributed by atoms with Gasteiger partial charge in [0.1, 0.15) is 5.00 Å². The van der Waals surface area contributed by atoms with Gasteiger partial charge in [-0.3, -0.25) is 9.79 Å². The Labute approximate surface area is 196 Å². The van der Waals surface area contributed by atoms with Gasteiger partial charge >= 0.3 is 0 Å². The molecule has 1 atom stereocenters. The van der Waals surface area contributed by atoms with Crippen molar-refractivity contribution in [1.82, 2.24) is 9.97 Å². The minimum Gasteiger partial charge on any atom is -0.493 e. The molecule has 0 saturated carbocycles. The van der Waals surface area contributed by atoms with E-state index in [4.69, 9.17) is 21.1 Å². The minimum absolute atomic E-state index is 0.252. The lowest BCUT2D eigenvalue weighted by Gasteiger charge is -2.19. The molecule has 8 nitrogen and oxygen atoms in total. The van der Waals surface area contributed by atoms with E-state index < -0.39 is 5.00 Å². The summed E-state index contributed by atoms with van der Waals surface area (Å²) in [7, 11) is 4.92. The van der Waals surface area contributed by atoms with Crippen LogP contribution >= 0.6 is 11.6 Å². The van der Waals surface area contributed by atoms with Gasteiger partial charge in [0, 0.05) is 42.4 Å². The summed E-state index contributed by atoms with van der Waals surface area (Å²) in [5.41, 5.74) is 3.30. The van der Waals surface area contributed by atoms with Crippen LogP contribution in [0.3, 0.4) is 0 Å². The molecule has 0 aliphatic carbocycles. The second-order valence-electron chi connectivity index (χ2n) is 7.67. The average molecular weight is 466 g/mol. The Morgan fingerprint density at radius 3 is 2.55 bits per heavy atom. The first-order valence-electron chi connectivity index (χ1n) is 10.3. The van der Waals surface area contributed by atoms with Gasteiger partial charge in [-0.1, -0.05) is 29.8 Å². The highest BCUT2D eigenvalue weighted by atomic mass is 35.5. The number of fused-ring (bicyclic) bond motifs is 1. The molecule has 1 aliphatic rings. The number of hydrogen-bond acceptors (Lipinski definition) is 7. The van der Waals surface area contributed by atoms with Crippen molar-refractivity contribution >= 4 is 46.3 Å². The van der Waals surface area contributed by atoms with Crippen LogP contribution < -0.4 is 20.1 Å². The van der Waals surface area contributed by atoms with E-state index in [1.54, 1.807) is 34.3 Å². The zero-order valence-electron chi connectivity index (χ0n) is 18.8. The summed E-state index contributed by atoms with van der Waals surface area (Å²) >= 11 is 6.20. The van der Waals surface area contributed by atoms with Crippen LogP contribution in [-0.4, -0.2) is 48.4 Å². The number of alkyl halides is 1. The van der Waals surface area contributed by atoms with E-state index in [0.717, 1.165) is 10.9 Å². The average Bonchev–Trinajstić information content (AvgIpc) is 2.82. The Bertz CT molecular complexity index is 1290. The highest BCUT2D eigenvalue weighted by Gasteiger charge is 2.22. The predicted molar refractivity (Wildman–Crippen MR) is 132 cm³/mol. The van der Waals surface area contributed by atoms with Crippen LogP contribution in [-0.2, 0) is 4.79 Å². The summed E-state index contributed by atoms with van der Waals surface area (Å²) in [5.74, 6) is 1.37. The molecule has 1 aromatic heterocycles. The lowest BCUT2D eigenvalue weighted by atomic mass is 10.0. The fraction of sp³-hybridized carbons (Fsp3) is 0.250. The van der Waals surface area contributed by atoms with Gasteiger partial charge in [-0.2, -0.15) is 0 Å². The second kappa shape index (κ2) is 9.07. The van der Waals surface area contributed by atoms with Crippen molar-refractivity contribution in [3.8, 4) is 22.8 Å². The number of nitrogens with zero attached hydrogens (tertiary/aromatic N) is 3. The molecule has 4 rings (SSSR count). The number of amides is 1. The molecule has 0 spiro atoms. The summed E-state index contributed by atoms with van der Waals surface area (Å²) in [4.78, 5) is 25.4. The number of aromatic nitrogens is 2. The first kappa shape index (κ1) is 22.5. The van der Waals surface area contributed by atoms with Crippen molar-refractivity contribution in [3.05, 3.63) is 48.0 Å². The lowest BCUT2D eigenvalue weighted by molar-refractivity contribution is -0.112. The third kappa shape index (κ3) is 4.75. The SMILES string of the molecule is CNc1nc(-c2cccc(NC(=O)C3=CCC(C)(Cl)N=C3)c2)c2cc(OC)c(OC)cc2n1. The monoisotopic (exact) mass is 465 g/mol. The maximum atomic E-state index is 12.7. The number of nitrogens with one attached hydrogen (secondary N) is 2. The Morgan fingerprint density at radius 1 is 1.12 bits per heavy atom. The molecule has 1 amide bonds. The lowest BCUT2D eigenvalue weighted by Crippen LogP contribution is -2.22. The number of carbonyl (C=O) groups excluding carboxylic acids is 1. The van der Waals surface area contributed by atoms with Crippen LogP contribution in [0.25, 0.3) is 22.2 Å². The fourth-order valence-electron chi connectivity index (χ4n) is 3.49. The number of halogens is 1. The van der Waals surface area contributed by atoms with Crippen LogP contribution in [0.5, 0.6) is 11.5 Å². The van der Waals surface area contributed by atoms with Gasteiger partial charge in [0.15, 0.2) is 11.5 Å². The number of carbonyl (C=O) groups is 1. The van der Waals surface area contributed by atoms with Crippen LogP contribution in [0, 0.1) is 0 Å². The summed E-state index contributed by atoms with van der Waals surface area (Å²) in [6.45, 7) is 1.80. The number of hydrogen-bond donors (Lipinski definition) is 2. The van der Waals surface area contributed by atoms with Crippen molar-refractivity contribution in [3.63, 3.8) is 0 Å². The Morgan fingerprint density at radius 2 is 1.88 bits per heavy atom. The van der Waals surface area contributed by atoms with E-state index in [1.165, 1.54) is 6.21 Å². The molecule has 2 aromatic carbocycles. The number of methoxy groups -OCH3 is 2. The number of benzene rings is 2. The zero-order chi connectivity index (χ0) is 23.6. The highest BCUT2D eigenvalue weighted by molar-refractivity contribution is 6.26. The quantitative estimate of drug-likeness (QED) is 0.406. The van der Waals surface area contributed by atoms with E-state index in [1.807, 2.05) is 36.4 Å². The predicted octanol–water partition coefficient (Wildman–Crippen LogP) is 4.65. The van der Waals surface area contributed by atoms with E-state index in [-0.39, 0.29) is 5.91 Å². The number of anilines is 2. The van der Waals surface area contributed by atoms with Crippen LogP contribution in [0.1, 0.15) is 13.3 Å². The van der Waals surface area contributed by atoms with Crippen molar-refractivity contribution < 1.29 is 14.3 Å². The molecule has 1 unspecified atom stereocenters. The third-order valence-corrected chi connectivity index (χ3v) is 5.50. The van der Waals surface area contributed by atoms with Gasteiger partial charge in [0.05, 0.1) is 31.0 Å². The molecule has 33 heavy (non-hydrogen) atoms. The Balaban J connectivity index is 1.72. The summed E-state index contributed by atoms with van der Waals surface area (Å²) in [6, 6.07) is 11.1. The van der Waals surface area contributed by atoms with E-state index >= 15 is 0 Å². The van der Waals surface area contributed by atoms with Crippen LogP contribution in [0.4, 0.5) is 11.6 Å². The molecule has 0 fully saturated rings. The topological polar surface area (TPSA) is 97.7 Å². The van der Waals surface area contributed by atoms with Gasteiger partial charge in [0.25, 0.3) is 5.91 Å². The largest absolute Gasteiger partial charge is 0.493 e. The molecule has 0 saturated heterocycles. The number of ether oxygens (including phenoxy) is 2. The molecule has 0 radical (unpaired) electrons. The molecule has 2 heterocycles. The molecular formula is C24H24ClN5O3. The van der Waals surface area contributed by atoms with Crippen LogP contribution in [0.2, 0.25) is 0 Å². The number of dihydropyridines is 1. The maximum absolute atomic E-state index is 12.7. The van der Waals surface area contributed by atoms with Gasteiger partial charge < -0.3 is 20.1 Å². The maximum Gasteiger partial charge on any atom is 0.256 e. The first-order valence-corrected chi connectivity index (χ1v) is 10.7. The van der Waals surface area contributed by atoms with Crippen molar-refractivity contribution in [2.45, 2.75) is 18.3 Å². The summed E-state index contributed by atoms with van der Waals surface area (Å²) in [6.07, 6.45) is 3.78. The molecule has 9 heteroatoms. The molecular weight excluding hydrogens is 442 g/mol. The third-order valence-electron chi connectivity index (χ3n) is 5.25. The molecule has 2 N–H and O–H groups in total. The van der Waals surface area contributed by atoms with E-state index in [9.17, 15) is 4.79 Å². The summed E-state index contributed by atoms with van der Waals surface area (Å²) in [5, 5.41) is 6.71. The molecule has 1 aliphatic heterocycles. The van der Waals surface area contributed by atoms with Gasteiger partial charge in [-0.25, -0.2) is 9.97 Å². The molecule has 0 bridgehead atoms. The fourth-order valence-corrected chi connectivity index (χ4v) is 3.62. The van der Waals surface area contributed by atoms with Crippen molar-refractivity contribution in [2.24, 2.45) is 4.99 Å². The van der Waals surface area contributed by atoms with Gasteiger partial charge in [-0.05, 0) is 25.1 Å². The Kier molecular flexibility index (Phi) is 6.20. The van der Waals surface area contributed by atoms with E-state index in [0.29, 0.717) is 46.3 Å². The number of rotatable bonds is 6. The smallest absolute Gasteiger partial charge is 0.256 e. The van der Waals surface area contributed by atoms with Crippen LogP contribution in [0.15, 0.2) is 53.0 Å². The zero-order valence-corrected chi connectivity index (χ0v) is 19.5. The molecule has 170 valence electrons. The van der Waals surface area contributed by atoms with Gasteiger partial charge in [0.2, 0.25) is 5.95 Å². The normalized spacial score (nSPS) is 17.4. The van der Waals surface area contributed by atoms with Crippen molar-refractivity contribution in [1.29, 1.82) is 0 Å². The second-order valence-corrected chi connectivity index (χ2v) is 8.48. The standard InChI is InChI=1S/C24H24ClN5O3/c1-24(25)9-8-15(13-27-24)22(31)28-16-7-5-6-14(10-16)21-17-11-19(32-3)20(33-4)12-18(17)29-23(26-2)30-21/h5-8,10-13H,9H2,1-4H3,(H,28,31)(H,26,29,30). The first-order chi connectivity index (χ1) is 15.8. The molecule has 3 aromatic rings. The van der Waals surface area contributed by atoms with Gasteiger partial charge in [-0.15, -0.1) is 0 Å². The van der Waals surface area contributed by atoms with E-state index in [2.05, 4.69) is 25.6 Å².